The average Bonchev–Trinajstić information content (AvgIpc) is 2.54. The molecule has 0 unspecified atom stereocenters. The first-order valence-corrected chi connectivity index (χ1v) is 9.40. The van der Waals surface area contributed by atoms with Crippen molar-refractivity contribution >= 4 is 26.8 Å². The maximum Gasteiger partial charge on any atom is 0.303 e. The van der Waals surface area contributed by atoms with E-state index in [4.69, 9.17) is 5.11 Å². The molecule has 0 amide bonds. The second-order valence-electron chi connectivity index (χ2n) is 6.22. The summed E-state index contributed by atoms with van der Waals surface area (Å²) in [4.78, 5) is 15.4. The van der Waals surface area contributed by atoms with E-state index in [9.17, 15) is 13.2 Å². The number of hydrogen-bond acceptors (Lipinski definition) is 4. The van der Waals surface area contributed by atoms with Gasteiger partial charge >= 0.3 is 5.97 Å². The number of fused-ring (bicyclic) bond motifs is 1. The Labute approximate surface area is 141 Å². The van der Waals surface area contributed by atoms with Gasteiger partial charge in [-0.1, -0.05) is 12.1 Å². The third-order valence-corrected chi connectivity index (χ3v) is 6.45. The number of rotatable bonds is 4. The summed E-state index contributed by atoms with van der Waals surface area (Å²) >= 11 is 0. The first-order valence-electron chi connectivity index (χ1n) is 7.96. The van der Waals surface area contributed by atoms with Gasteiger partial charge in [0.05, 0.1) is 4.90 Å². The molecular formula is C17H20N2O4S. The Hall–Kier alpha value is -1.99. The minimum atomic E-state index is -3.66. The number of carbonyl (C=O) groups is 1. The molecule has 0 bridgehead atoms. The topological polar surface area (TPSA) is 87.6 Å². The van der Waals surface area contributed by atoms with Crippen molar-refractivity contribution in [2.45, 2.75) is 31.1 Å². The number of pyridine rings is 1. The Morgan fingerprint density at radius 1 is 1.33 bits per heavy atom. The maximum absolute atomic E-state index is 13.1. The number of carboxylic acids is 1. The van der Waals surface area contributed by atoms with Crippen LogP contribution in [-0.4, -0.2) is 41.9 Å². The van der Waals surface area contributed by atoms with E-state index >= 15 is 0 Å². The molecule has 1 aromatic heterocycles. The van der Waals surface area contributed by atoms with Crippen molar-refractivity contribution in [1.82, 2.24) is 9.29 Å². The van der Waals surface area contributed by atoms with Crippen LogP contribution in [0.3, 0.4) is 0 Å². The predicted octanol–water partition coefficient (Wildman–Crippen LogP) is 2.42. The minimum Gasteiger partial charge on any atom is -0.481 e. The Balaban J connectivity index is 1.99. The molecule has 1 aliphatic rings. The molecular weight excluding hydrogens is 328 g/mol. The van der Waals surface area contributed by atoms with Crippen LogP contribution in [0.4, 0.5) is 0 Å². The number of nitrogens with zero attached hydrogens (tertiary/aromatic N) is 2. The normalized spacial score (nSPS) is 19.5. The molecule has 7 heteroatoms. The molecule has 1 fully saturated rings. The van der Waals surface area contributed by atoms with Crippen molar-refractivity contribution in [3.8, 4) is 0 Å². The summed E-state index contributed by atoms with van der Waals surface area (Å²) in [6.07, 6.45) is 3.05. The van der Waals surface area contributed by atoms with Gasteiger partial charge in [-0.2, -0.15) is 4.31 Å². The van der Waals surface area contributed by atoms with Crippen LogP contribution in [0, 0.1) is 12.8 Å². The summed E-state index contributed by atoms with van der Waals surface area (Å²) in [5.74, 6) is -1.02. The Morgan fingerprint density at radius 2 is 2.12 bits per heavy atom. The standard InChI is InChI=1S/C17H20N2O4S/c1-12-14-5-2-6-16(15(14)7-8-18-12)24(22,23)19-9-3-4-13(11-19)10-17(20)21/h2,5-8,13H,3-4,9-11H2,1H3,(H,20,21)/t13-/m0/s1. The molecule has 128 valence electrons. The minimum absolute atomic E-state index is 0.00455. The van der Waals surface area contributed by atoms with Crippen LogP contribution in [0.5, 0.6) is 0 Å². The lowest BCUT2D eigenvalue weighted by Crippen LogP contribution is -2.40. The van der Waals surface area contributed by atoms with Crippen molar-refractivity contribution in [3.05, 3.63) is 36.2 Å². The van der Waals surface area contributed by atoms with Crippen molar-refractivity contribution in [1.29, 1.82) is 0 Å². The van der Waals surface area contributed by atoms with Crippen LogP contribution >= 0.6 is 0 Å². The summed E-state index contributed by atoms with van der Waals surface area (Å²) in [7, 11) is -3.66. The SMILES string of the molecule is Cc1nccc2c(S(=O)(=O)N3CCC[C@@H](CC(=O)O)C3)cccc12. The monoisotopic (exact) mass is 348 g/mol. The van der Waals surface area contributed by atoms with Gasteiger partial charge in [-0.3, -0.25) is 9.78 Å². The number of aromatic nitrogens is 1. The van der Waals surface area contributed by atoms with E-state index in [1.165, 1.54) is 4.31 Å². The summed E-state index contributed by atoms with van der Waals surface area (Å²) in [5, 5.41) is 10.4. The first-order chi connectivity index (χ1) is 11.4. The molecule has 2 aromatic rings. The molecule has 0 aliphatic carbocycles. The Morgan fingerprint density at radius 3 is 2.88 bits per heavy atom. The van der Waals surface area contributed by atoms with Gasteiger partial charge in [-0.05, 0) is 37.8 Å². The molecule has 24 heavy (non-hydrogen) atoms. The van der Waals surface area contributed by atoms with Crippen LogP contribution in [0.25, 0.3) is 10.8 Å². The number of piperidine rings is 1. The lowest BCUT2D eigenvalue weighted by molar-refractivity contribution is -0.138. The summed E-state index contributed by atoms with van der Waals surface area (Å²) < 4.78 is 27.6. The van der Waals surface area contributed by atoms with Gasteiger partial charge in [-0.15, -0.1) is 0 Å². The fourth-order valence-corrected chi connectivity index (χ4v) is 5.11. The van der Waals surface area contributed by atoms with Crippen LogP contribution in [0.2, 0.25) is 0 Å². The molecule has 1 saturated heterocycles. The number of hydrogen-bond donors (Lipinski definition) is 1. The lowest BCUT2D eigenvalue weighted by atomic mass is 9.96. The molecule has 0 radical (unpaired) electrons. The molecule has 1 atom stereocenters. The highest BCUT2D eigenvalue weighted by Crippen LogP contribution is 2.30. The second kappa shape index (κ2) is 6.49. The van der Waals surface area contributed by atoms with Gasteiger partial charge in [-0.25, -0.2) is 8.42 Å². The molecule has 3 rings (SSSR count). The number of aliphatic carboxylic acids is 1. The number of benzene rings is 1. The highest BCUT2D eigenvalue weighted by Gasteiger charge is 2.32. The number of aryl methyl sites for hydroxylation is 1. The summed E-state index contributed by atoms with van der Waals surface area (Å²) in [6, 6.07) is 6.91. The fourth-order valence-electron chi connectivity index (χ4n) is 3.35. The van der Waals surface area contributed by atoms with Gasteiger partial charge in [0.1, 0.15) is 0 Å². The molecule has 0 saturated carbocycles. The van der Waals surface area contributed by atoms with E-state index < -0.39 is 16.0 Å². The van der Waals surface area contributed by atoms with Gasteiger partial charge in [0.25, 0.3) is 0 Å². The van der Waals surface area contributed by atoms with E-state index in [2.05, 4.69) is 4.98 Å². The molecule has 0 spiro atoms. The summed E-state index contributed by atoms with van der Waals surface area (Å²) in [6.45, 7) is 2.54. The van der Waals surface area contributed by atoms with Crippen molar-refractivity contribution in [2.75, 3.05) is 13.1 Å². The van der Waals surface area contributed by atoms with Gasteiger partial charge in [0, 0.05) is 42.2 Å². The fraction of sp³-hybridized carbons (Fsp3) is 0.412. The van der Waals surface area contributed by atoms with Gasteiger partial charge in [0.15, 0.2) is 0 Å². The van der Waals surface area contributed by atoms with E-state index in [0.29, 0.717) is 18.4 Å². The predicted molar refractivity (Wildman–Crippen MR) is 90.2 cm³/mol. The van der Waals surface area contributed by atoms with Gasteiger partial charge < -0.3 is 5.11 Å². The van der Waals surface area contributed by atoms with Crippen molar-refractivity contribution in [2.24, 2.45) is 5.92 Å². The largest absolute Gasteiger partial charge is 0.481 e. The van der Waals surface area contributed by atoms with Crippen LogP contribution in [0.1, 0.15) is 25.0 Å². The number of sulfonamides is 1. The van der Waals surface area contributed by atoms with Crippen molar-refractivity contribution in [3.63, 3.8) is 0 Å². The molecule has 6 nitrogen and oxygen atoms in total. The van der Waals surface area contributed by atoms with Crippen LogP contribution in [-0.2, 0) is 14.8 Å². The zero-order valence-electron chi connectivity index (χ0n) is 13.5. The van der Waals surface area contributed by atoms with E-state index in [1.54, 1.807) is 24.4 Å². The maximum atomic E-state index is 13.1. The van der Waals surface area contributed by atoms with Crippen molar-refractivity contribution < 1.29 is 18.3 Å². The lowest BCUT2D eigenvalue weighted by Gasteiger charge is -2.31. The Bertz CT molecular complexity index is 879. The third kappa shape index (κ3) is 3.14. The average molecular weight is 348 g/mol. The molecule has 2 heterocycles. The smallest absolute Gasteiger partial charge is 0.303 e. The summed E-state index contributed by atoms with van der Waals surface area (Å²) in [5.41, 5.74) is 0.784. The highest BCUT2D eigenvalue weighted by atomic mass is 32.2. The number of carboxylic acid groups (broad SMARTS) is 1. The zero-order chi connectivity index (χ0) is 17.3. The quantitative estimate of drug-likeness (QED) is 0.917. The van der Waals surface area contributed by atoms with Crippen LogP contribution in [0.15, 0.2) is 35.4 Å². The Kier molecular flexibility index (Phi) is 4.56. The van der Waals surface area contributed by atoms with E-state index in [-0.39, 0.29) is 23.8 Å². The van der Waals surface area contributed by atoms with Gasteiger partial charge in [0.2, 0.25) is 10.0 Å². The zero-order valence-corrected chi connectivity index (χ0v) is 14.3. The van der Waals surface area contributed by atoms with Crippen LogP contribution < -0.4 is 0 Å². The highest BCUT2D eigenvalue weighted by molar-refractivity contribution is 7.89. The first kappa shape index (κ1) is 16.9. The molecule has 1 aromatic carbocycles. The van der Waals surface area contributed by atoms with E-state index in [0.717, 1.165) is 17.5 Å². The third-order valence-electron chi connectivity index (χ3n) is 4.53. The molecule has 1 N–H and O–H groups in total. The second-order valence-corrected chi connectivity index (χ2v) is 8.12. The van der Waals surface area contributed by atoms with E-state index in [1.807, 2.05) is 13.0 Å². The molecule has 1 aliphatic heterocycles.